The number of hydrogen-bond acceptors (Lipinski definition) is 2. The van der Waals surface area contributed by atoms with Crippen LogP contribution < -0.4 is 10.2 Å². The minimum Gasteiger partial charge on any atom is -0.365 e. The highest BCUT2D eigenvalue weighted by Crippen LogP contribution is 2.26. The summed E-state index contributed by atoms with van der Waals surface area (Å²) in [6.45, 7) is 11.2. The normalized spacial score (nSPS) is 24.5. The maximum absolute atomic E-state index is 3.61. The van der Waals surface area contributed by atoms with Gasteiger partial charge in [0, 0.05) is 30.4 Å². The van der Waals surface area contributed by atoms with Crippen LogP contribution in [0.3, 0.4) is 0 Å². The fourth-order valence-electron chi connectivity index (χ4n) is 2.52. The first-order chi connectivity index (χ1) is 7.99. The Balaban J connectivity index is 2.28. The second-order valence-corrected chi connectivity index (χ2v) is 5.87. The molecular formula is C15H24N2. The summed E-state index contributed by atoms with van der Waals surface area (Å²) >= 11 is 0. The predicted octanol–water partition coefficient (Wildman–Crippen LogP) is 2.96. The SMILES string of the molecule is Cc1cccc(N2CCC(C)NCC2(C)C)c1. The van der Waals surface area contributed by atoms with E-state index in [1.807, 2.05) is 0 Å². The summed E-state index contributed by atoms with van der Waals surface area (Å²) in [5.41, 5.74) is 2.87. The molecule has 2 rings (SSSR count). The number of benzene rings is 1. The maximum atomic E-state index is 3.61. The molecule has 0 amide bonds. The lowest BCUT2D eigenvalue weighted by atomic mass is 10.0. The third kappa shape index (κ3) is 2.81. The molecule has 0 spiro atoms. The van der Waals surface area contributed by atoms with E-state index in [2.05, 4.69) is 62.2 Å². The van der Waals surface area contributed by atoms with Crippen LogP contribution in [0.5, 0.6) is 0 Å². The highest BCUT2D eigenvalue weighted by Gasteiger charge is 2.30. The van der Waals surface area contributed by atoms with Crippen molar-refractivity contribution in [3.8, 4) is 0 Å². The number of nitrogens with one attached hydrogen (secondary N) is 1. The molecule has 1 aliphatic rings. The first-order valence-corrected chi connectivity index (χ1v) is 6.57. The Morgan fingerprint density at radius 1 is 1.35 bits per heavy atom. The molecule has 0 bridgehead atoms. The van der Waals surface area contributed by atoms with Gasteiger partial charge in [0.05, 0.1) is 0 Å². The largest absolute Gasteiger partial charge is 0.365 e. The predicted molar refractivity (Wildman–Crippen MR) is 74.7 cm³/mol. The lowest BCUT2D eigenvalue weighted by Gasteiger charge is -2.39. The van der Waals surface area contributed by atoms with Crippen molar-refractivity contribution in [3.05, 3.63) is 29.8 Å². The van der Waals surface area contributed by atoms with Gasteiger partial charge in [0.1, 0.15) is 0 Å². The quantitative estimate of drug-likeness (QED) is 0.801. The molecule has 1 N–H and O–H groups in total. The molecule has 1 atom stereocenters. The molecule has 0 aromatic heterocycles. The molecule has 1 aliphatic heterocycles. The van der Waals surface area contributed by atoms with Crippen molar-refractivity contribution in [2.45, 2.75) is 45.7 Å². The molecule has 0 radical (unpaired) electrons. The third-order valence-electron chi connectivity index (χ3n) is 3.71. The van der Waals surface area contributed by atoms with E-state index < -0.39 is 0 Å². The van der Waals surface area contributed by atoms with Gasteiger partial charge in [0.25, 0.3) is 0 Å². The molecule has 2 nitrogen and oxygen atoms in total. The molecule has 1 fully saturated rings. The maximum Gasteiger partial charge on any atom is 0.0470 e. The molecule has 94 valence electrons. The highest BCUT2D eigenvalue weighted by atomic mass is 15.2. The smallest absolute Gasteiger partial charge is 0.0470 e. The van der Waals surface area contributed by atoms with Gasteiger partial charge in [-0.05, 0) is 51.8 Å². The zero-order chi connectivity index (χ0) is 12.5. The zero-order valence-electron chi connectivity index (χ0n) is 11.5. The minimum absolute atomic E-state index is 0.179. The van der Waals surface area contributed by atoms with Crippen molar-refractivity contribution in [3.63, 3.8) is 0 Å². The fourth-order valence-corrected chi connectivity index (χ4v) is 2.52. The topological polar surface area (TPSA) is 15.3 Å². The second kappa shape index (κ2) is 4.69. The molecule has 0 saturated carbocycles. The van der Waals surface area contributed by atoms with Crippen molar-refractivity contribution < 1.29 is 0 Å². The summed E-state index contributed by atoms with van der Waals surface area (Å²) in [5.74, 6) is 0. The molecule has 1 saturated heterocycles. The number of anilines is 1. The summed E-state index contributed by atoms with van der Waals surface area (Å²) in [7, 11) is 0. The molecule has 2 heteroatoms. The minimum atomic E-state index is 0.179. The van der Waals surface area contributed by atoms with Gasteiger partial charge in [-0.2, -0.15) is 0 Å². The number of aryl methyl sites for hydroxylation is 1. The van der Waals surface area contributed by atoms with Gasteiger partial charge in [-0.3, -0.25) is 0 Å². The van der Waals surface area contributed by atoms with E-state index in [-0.39, 0.29) is 5.54 Å². The van der Waals surface area contributed by atoms with Gasteiger partial charge in [-0.1, -0.05) is 12.1 Å². The zero-order valence-corrected chi connectivity index (χ0v) is 11.5. The third-order valence-corrected chi connectivity index (χ3v) is 3.71. The first-order valence-electron chi connectivity index (χ1n) is 6.57. The Hall–Kier alpha value is -1.02. The molecule has 1 unspecified atom stereocenters. The molecule has 0 aliphatic carbocycles. The lowest BCUT2D eigenvalue weighted by Crippen LogP contribution is -2.49. The van der Waals surface area contributed by atoms with Crippen molar-refractivity contribution in [1.29, 1.82) is 0 Å². The monoisotopic (exact) mass is 232 g/mol. The Morgan fingerprint density at radius 3 is 2.82 bits per heavy atom. The van der Waals surface area contributed by atoms with Crippen LogP contribution in [0.25, 0.3) is 0 Å². The Kier molecular flexibility index (Phi) is 3.43. The van der Waals surface area contributed by atoms with Crippen LogP contribution in [-0.4, -0.2) is 24.7 Å². The lowest BCUT2D eigenvalue weighted by molar-refractivity contribution is 0.447. The number of rotatable bonds is 1. The average Bonchev–Trinajstić information content (AvgIpc) is 2.39. The van der Waals surface area contributed by atoms with E-state index in [9.17, 15) is 0 Å². The van der Waals surface area contributed by atoms with Crippen molar-refractivity contribution >= 4 is 5.69 Å². The Labute approximate surface area is 105 Å². The van der Waals surface area contributed by atoms with E-state index in [4.69, 9.17) is 0 Å². The van der Waals surface area contributed by atoms with E-state index in [0.29, 0.717) is 6.04 Å². The van der Waals surface area contributed by atoms with E-state index >= 15 is 0 Å². The van der Waals surface area contributed by atoms with Crippen LogP contribution in [0.4, 0.5) is 5.69 Å². The van der Waals surface area contributed by atoms with Gasteiger partial charge in [0.2, 0.25) is 0 Å². The van der Waals surface area contributed by atoms with Gasteiger partial charge < -0.3 is 10.2 Å². The molecule has 17 heavy (non-hydrogen) atoms. The summed E-state index contributed by atoms with van der Waals surface area (Å²) in [4.78, 5) is 2.54. The fraction of sp³-hybridized carbons (Fsp3) is 0.600. The van der Waals surface area contributed by atoms with Crippen LogP contribution in [0, 0.1) is 6.92 Å². The summed E-state index contributed by atoms with van der Waals surface area (Å²) in [5, 5.41) is 3.61. The van der Waals surface area contributed by atoms with E-state index in [0.717, 1.165) is 13.1 Å². The number of hydrogen-bond donors (Lipinski definition) is 1. The van der Waals surface area contributed by atoms with E-state index in [1.54, 1.807) is 0 Å². The van der Waals surface area contributed by atoms with E-state index in [1.165, 1.54) is 17.7 Å². The molecular weight excluding hydrogens is 208 g/mol. The summed E-state index contributed by atoms with van der Waals surface area (Å²) < 4.78 is 0. The first kappa shape index (κ1) is 12.4. The highest BCUT2D eigenvalue weighted by molar-refractivity contribution is 5.51. The molecule has 1 aromatic rings. The molecule has 1 aromatic carbocycles. The standard InChI is InChI=1S/C15H24N2/c1-12-6-5-7-14(10-12)17-9-8-13(2)16-11-15(17,3)4/h5-7,10,13,16H,8-9,11H2,1-4H3. The van der Waals surface area contributed by atoms with Gasteiger partial charge >= 0.3 is 0 Å². The van der Waals surface area contributed by atoms with Crippen LogP contribution in [0.2, 0.25) is 0 Å². The Bertz CT molecular complexity index is 384. The molecule has 1 heterocycles. The van der Waals surface area contributed by atoms with Gasteiger partial charge in [0.15, 0.2) is 0 Å². The number of nitrogens with zero attached hydrogens (tertiary/aromatic N) is 1. The van der Waals surface area contributed by atoms with Gasteiger partial charge in [-0.25, -0.2) is 0 Å². The average molecular weight is 232 g/mol. The van der Waals surface area contributed by atoms with Crippen LogP contribution in [0.1, 0.15) is 32.8 Å². The van der Waals surface area contributed by atoms with Crippen molar-refractivity contribution in [1.82, 2.24) is 5.32 Å². The van der Waals surface area contributed by atoms with Crippen LogP contribution >= 0.6 is 0 Å². The van der Waals surface area contributed by atoms with Crippen LogP contribution in [-0.2, 0) is 0 Å². The van der Waals surface area contributed by atoms with Crippen molar-refractivity contribution in [2.24, 2.45) is 0 Å². The van der Waals surface area contributed by atoms with Crippen molar-refractivity contribution in [2.75, 3.05) is 18.0 Å². The van der Waals surface area contributed by atoms with Gasteiger partial charge in [-0.15, -0.1) is 0 Å². The summed E-state index contributed by atoms with van der Waals surface area (Å²) in [6.07, 6.45) is 1.21. The Morgan fingerprint density at radius 2 is 2.12 bits per heavy atom. The second-order valence-electron chi connectivity index (χ2n) is 5.87. The van der Waals surface area contributed by atoms with Crippen LogP contribution in [0.15, 0.2) is 24.3 Å². The summed E-state index contributed by atoms with van der Waals surface area (Å²) in [6, 6.07) is 9.45.